The molecule has 0 spiro atoms. The van der Waals surface area contributed by atoms with Crippen molar-refractivity contribution in [1.82, 2.24) is 4.98 Å². The predicted octanol–water partition coefficient (Wildman–Crippen LogP) is 3.13. The number of unbranched alkanes of at least 4 members (excludes halogenated alkanes) is 1. The van der Waals surface area contributed by atoms with Gasteiger partial charge in [0.1, 0.15) is 0 Å². The molecular weight excluding hydrogens is 220 g/mol. The van der Waals surface area contributed by atoms with Crippen LogP contribution in [-0.2, 0) is 4.74 Å². The number of nitrogens with zero attached hydrogens (tertiary/aromatic N) is 1. The van der Waals surface area contributed by atoms with Crippen molar-refractivity contribution in [2.75, 3.05) is 25.6 Å². The summed E-state index contributed by atoms with van der Waals surface area (Å²) >= 11 is 1.71. The van der Waals surface area contributed by atoms with Gasteiger partial charge >= 0.3 is 0 Å². The molecule has 86 valence electrons. The van der Waals surface area contributed by atoms with E-state index in [4.69, 9.17) is 4.74 Å². The highest BCUT2D eigenvalue weighted by Crippen LogP contribution is 2.25. The van der Waals surface area contributed by atoms with Crippen LogP contribution < -0.4 is 5.32 Å². The zero-order valence-corrected chi connectivity index (χ0v) is 10.2. The molecule has 16 heavy (non-hydrogen) atoms. The maximum atomic E-state index is 5.00. The molecule has 2 rings (SSSR count). The van der Waals surface area contributed by atoms with Crippen molar-refractivity contribution in [1.29, 1.82) is 0 Å². The average Bonchev–Trinajstić information content (AvgIpc) is 2.71. The Morgan fingerprint density at radius 2 is 2.19 bits per heavy atom. The Labute approximate surface area is 99.5 Å². The molecule has 0 aliphatic carbocycles. The van der Waals surface area contributed by atoms with Crippen LogP contribution in [0.2, 0.25) is 0 Å². The third-order valence-corrected chi connectivity index (χ3v) is 3.34. The number of methoxy groups -OCH3 is 1. The smallest absolute Gasteiger partial charge is 0.183 e. The van der Waals surface area contributed by atoms with Crippen LogP contribution in [0.15, 0.2) is 24.3 Å². The Hall–Kier alpha value is -1.13. The zero-order chi connectivity index (χ0) is 11.2. The van der Waals surface area contributed by atoms with E-state index in [-0.39, 0.29) is 0 Å². The number of anilines is 1. The summed E-state index contributed by atoms with van der Waals surface area (Å²) < 4.78 is 6.24. The first-order chi connectivity index (χ1) is 7.90. The third kappa shape index (κ3) is 2.93. The lowest BCUT2D eigenvalue weighted by Crippen LogP contribution is -2.02. The van der Waals surface area contributed by atoms with Crippen molar-refractivity contribution in [3.05, 3.63) is 24.3 Å². The number of thiazole rings is 1. The monoisotopic (exact) mass is 236 g/mol. The predicted molar refractivity (Wildman–Crippen MR) is 69.2 cm³/mol. The van der Waals surface area contributed by atoms with Gasteiger partial charge in [-0.1, -0.05) is 23.5 Å². The van der Waals surface area contributed by atoms with Crippen molar-refractivity contribution in [2.45, 2.75) is 12.8 Å². The fraction of sp³-hybridized carbons (Fsp3) is 0.417. The van der Waals surface area contributed by atoms with E-state index in [1.165, 1.54) is 4.70 Å². The van der Waals surface area contributed by atoms with E-state index in [0.29, 0.717) is 0 Å². The summed E-state index contributed by atoms with van der Waals surface area (Å²) in [4.78, 5) is 4.51. The normalized spacial score (nSPS) is 10.8. The second-order valence-electron chi connectivity index (χ2n) is 3.61. The first-order valence-electron chi connectivity index (χ1n) is 5.48. The Morgan fingerprint density at radius 3 is 3.00 bits per heavy atom. The molecule has 0 saturated heterocycles. The van der Waals surface area contributed by atoms with Crippen LogP contribution in [0.1, 0.15) is 12.8 Å². The summed E-state index contributed by atoms with van der Waals surface area (Å²) in [7, 11) is 1.74. The number of fused-ring (bicyclic) bond motifs is 1. The second-order valence-corrected chi connectivity index (χ2v) is 4.64. The molecular formula is C12H16N2OS. The minimum atomic E-state index is 0.835. The first kappa shape index (κ1) is 11.4. The minimum Gasteiger partial charge on any atom is -0.385 e. The van der Waals surface area contributed by atoms with Crippen molar-refractivity contribution in [3.8, 4) is 0 Å². The van der Waals surface area contributed by atoms with Gasteiger partial charge in [0.15, 0.2) is 5.13 Å². The molecule has 1 aromatic carbocycles. The molecule has 0 aliphatic rings. The van der Waals surface area contributed by atoms with Crippen molar-refractivity contribution in [3.63, 3.8) is 0 Å². The number of ether oxygens (including phenoxy) is 1. The molecule has 0 radical (unpaired) electrons. The van der Waals surface area contributed by atoms with Gasteiger partial charge in [0.25, 0.3) is 0 Å². The highest BCUT2D eigenvalue weighted by atomic mass is 32.1. The molecule has 0 aliphatic heterocycles. The number of aromatic nitrogens is 1. The molecule has 2 aromatic rings. The van der Waals surface area contributed by atoms with Crippen LogP contribution in [-0.4, -0.2) is 25.2 Å². The Balaban J connectivity index is 1.85. The number of rotatable bonds is 6. The van der Waals surface area contributed by atoms with E-state index in [2.05, 4.69) is 16.4 Å². The number of nitrogens with one attached hydrogen (secondary N) is 1. The van der Waals surface area contributed by atoms with Gasteiger partial charge < -0.3 is 10.1 Å². The molecule has 0 bridgehead atoms. The van der Waals surface area contributed by atoms with Crippen molar-refractivity contribution < 1.29 is 4.74 Å². The van der Waals surface area contributed by atoms with E-state index in [9.17, 15) is 0 Å². The van der Waals surface area contributed by atoms with Gasteiger partial charge in [0, 0.05) is 20.3 Å². The van der Waals surface area contributed by atoms with Gasteiger partial charge in [-0.3, -0.25) is 0 Å². The van der Waals surface area contributed by atoms with Crippen LogP contribution >= 0.6 is 11.3 Å². The molecule has 0 saturated carbocycles. The quantitative estimate of drug-likeness (QED) is 0.782. The number of hydrogen-bond acceptors (Lipinski definition) is 4. The Kier molecular flexibility index (Phi) is 4.13. The fourth-order valence-electron chi connectivity index (χ4n) is 1.51. The molecule has 1 N–H and O–H groups in total. The van der Waals surface area contributed by atoms with Gasteiger partial charge in [-0.05, 0) is 25.0 Å². The minimum absolute atomic E-state index is 0.835. The van der Waals surface area contributed by atoms with E-state index in [1.54, 1.807) is 18.4 Å². The lowest BCUT2D eigenvalue weighted by Gasteiger charge is -2.01. The van der Waals surface area contributed by atoms with Gasteiger partial charge in [-0.15, -0.1) is 0 Å². The first-order valence-corrected chi connectivity index (χ1v) is 6.30. The largest absolute Gasteiger partial charge is 0.385 e. The molecule has 0 atom stereocenters. The molecule has 1 heterocycles. The summed E-state index contributed by atoms with van der Waals surface area (Å²) in [5, 5.41) is 4.36. The summed E-state index contributed by atoms with van der Waals surface area (Å²) in [6, 6.07) is 8.21. The average molecular weight is 236 g/mol. The summed E-state index contributed by atoms with van der Waals surface area (Å²) in [6.45, 7) is 1.80. The standard InChI is InChI=1S/C12H16N2OS/c1-15-9-5-4-8-13-12-14-10-6-2-3-7-11(10)16-12/h2-3,6-7H,4-5,8-9H2,1H3,(H,13,14). The molecule has 3 nitrogen and oxygen atoms in total. The lowest BCUT2D eigenvalue weighted by atomic mass is 10.3. The highest BCUT2D eigenvalue weighted by molar-refractivity contribution is 7.22. The maximum Gasteiger partial charge on any atom is 0.183 e. The maximum absolute atomic E-state index is 5.00. The summed E-state index contributed by atoms with van der Waals surface area (Å²) in [5.41, 5.74) is 1.08. The van der Waals surface area contributed by atoms with Crippen LogP contribution in [0.3, 0.4) is 0 Å². The molecule has 1 aromatic heterocycles. The van der Waals surface area contributed by atoms with E-state index < -0.39 is 0 Å². The van der Waals surface area contributed by atoms with Crippen LogP contribution in [0.5, 0.6) is 0 Å². The summed E-state index contributed by atoms with van der Waals surface area (Å²) in [6.07, 6.45) is 2.21. The van der Waals surface area contributed by atoms with Gasteiger partial charge in [0.2, 0.25) is 0 Å². The zero-order valence-electron chi connectivity index (χ0n) is 9.40. The van der Waals surface area contributed by atoms with E-state index in [1.807, 2.05) is 18.2 Å². The molecule has 0 unspecified atom stereocenters. The van der Waals surface area contributed by atoms with Gasteiger partial charge in [0.05, 0.1) is 10.2 Å². The van der Waals surface area contributed by atoms with Crippen molar-refractivity contribution in [2.24, 2.45) is 0 Å². The second kappa shape index (κ2) is 5.82. The third-order valence-electron chi connectivity index (χ3n) is 2.35. The molecule has 0 fully saturated rings. The summed E-state index contributed by atoms with van der Waals surface area (Å²) in [5.74, 6) is 0. The van der Waals surface area contributed by atoms with Crippen LogP contribution in [0.4, 0.5) is 5.13 Å². The number of hydrogen-bond donors (Lipinski definition) is 1. The van der Waals surface area contributed by atoms with Gasteiger partial charge in [-0.2, -0.15) is 0 Å². The number of para-hydroxylation sites is 1. The fourth-order valence-corrected chi connectivity index (χ4v) is 2.41. The van der Waals surface area contributed by atoms with Crippen LogP contribution in [0, 0.1) is 0 Å². The topological polar surface area (TPSA) is 34.1 Å². The number of benzene rings is 1. The molecule has 4 heteroatoms. The SMILES string of the molecule is COCCCCNc1nc2ccccc2s1. The van der Waals surface area contributed by atoms with Crippen LogP contribution in [0.25, 0.3) is 10.2 Å². The van der Waals surface area contributed by atoms with Crippen molar-refractivity contribution >= 4 is 26.7 Å². The van der Waals surface area contributed by atoms with Gasteiger partial charge in [-0.25, -0.2) is 4.98 Å². The Morgan fingerprint density at radius 1 is 1.31 bits per heavy atom. The van der Waals surface area contributed by atoms with E-state index in [0.717, 1.165) is 36.6 Å². The Bertz CT molecular complexity index is 408. The molecule has 0 amide bonds. The lowest BCUT2D eigenvalue weighted by molar-refractivity contribution is 0.194. The van der Waals surface area contributed by atoms with E-state index >= 15 is 0 Å². The highest BCUT2D eigenvalue weighted by Gasteiger charge is 2.01.